The summed E-state index contributed by atoms with van der Waals surface area (Å²) in [5.41, 5.74) is 1.32. The zero-order chi connectivity index (χ0) is 18.5. The molecular weight excluding hydrogens is 371 g/mol. The molecule has 10 heteroatoms. The van der Waals surface area contributed by atoms with Crippen LogP contribution in [0.2, 0.25) is 0 Å². The van der Waals surface area contributed by atoms with Crippen molar-refractivity contribution in [3.8, 4) is 11.4 Å². The van der Waals surface area contributed by atoms with Gasteiger partial charge < -0.3 is 14.2 Å². The SMILES string of the molecule is COC1CC(C(=O)N2CCc3scc(-c4noc(C(F)(F)F)n4)c3C2)C1. The smallest absolute Gasteiger partial charge is 0.381 e. The van der Waals surface area contributed by atoms with Crippen LogP contribution in [0.4, 0.5) is 13.2 Å². The highest BCUT2D eigenvalue weighted by Crippen LogP contribution is 2.38. The van der Waals surface area contributed by atoms with Crippen molar-refractivity contribution in [2.75, 3.05) is 13.7 Å². The number of carbonyl (C=O) groups is 1. The lowest BCUT2D eigenvalue weighted by atomic mass is 9.81. The summed E-state index contributed by atoms with van der Waals surface area (Å²) >= 11 is 1.45. The third-order valence-corrected chi connectivity index (χ3v) is 6.03. The van der Waals surface area contributed by atoms with E-state index >= 15 is 0 Å². The van der Waals surface area contributed by atoms with Gasteiger partial charge in [0.15, 0.2) is 0 Å². The van der Waals surface area contributed by atoms with Crippen molar-refractivity contribution in [2.45, 2.75) is 38.1 Å². The fourth-order valence-corrected chi connectivity index (χ4v) is 4.39. The second-order valence-corrected chi connectivity index (χ2v) is 7.47. The molecule has 0 atom stereocenters. The highest BCUT2D eigenvalue weighted by atomic mass is 32.1. The van der Waals surface area contributed by atoms with Gasteiger partial charge in [0.05, 0.1) is 6.10 Å². The lowest BCUT2D eigenvalue weighted by Crippen LogP contribution is -2.45. The van der Waals surface area contributed by atoms with Gasteiger partial charge in [0, 0.05) is 41.9 Å². The van der Waals surface area contributed by atoms with Crippen LogP contribution in [0.25, 0.3) is 11.4 Å². The average Bonchev–Trinajstić information content (AvgIpc) is 3.19. The zero-order valence-electron chi connectivity index (χ0n) is 13.9. The Bertz CT molecular complexity index is 826. The van der Waals surface area contributed by atoms with Gasteiger partial charge in [-0.3, -0.25) is 4.79 Å². The Balaban J connectivity index is 1.53. The molecule has 0 N–H and O–H groups in total. The largest absolute Gasteiger partial charge is 0.471 e. The molecule has 2 aromatic heterocycles. The van der Waals surface area contributed by atoms with E-state index in [4.69, 9.17) is 4.74 Å². The third kappa shape index (κ3) is 3.01. The number of ether oxygens (including phenoxy) is 1. The van der Waals surface area contributed by atoms with E-state index in [0.717, 1.165) is 23.3 Å². The Morgan fingerprint density at radius 3 is 2.85 bits per heavy atom. The first-order valence-corrected chi connectivity index (χ1v) is 9.07. The summed E-state index contributed by atoms with van der Waals surface area (Å²) in [4.78, 5) is 18.9. The molecular formula is C16H16F3N3O3S. The van der Waals surface area contributed by atoms with Gasteiger partial charge >= 0.3 is 12.1 Å². The van der Waals surface area contributed by atoms with Crippen LogP contribution in [0.1, 0.15) is 29.2 Å². The molecule has 0 aromatic carbocycles. The Morgan fingerprint density at radius 2 is 2.19 bits per heavy atom. The number of aromatic nitrogens is 2. The minimum Gasteiger partial charge on any atom is -0.381 e. The van der Waals surface area contributed by atoms with Crippen molar-refractivity contribution in [1.29, 1.82) is 0 Å². The van der Waals surface area contributed by atoms with E-state index in [-0.39, 0.29) is 23.8 Å². The average molecular weight is 387 g/mol. The quantitative estimate of drug-likeness (QED) is 0.810. The molecule has 2 aromatic rings. The van der Waals surface area contributed by atoms with E-state index in [2.05, 4.69) is 14.7 Å². The van der Waals surface area contributed by atoms with E-state index in [1.54, 1.807) is 17.4 Å². The molecule has 0 unspecified atom stereocenters. The van der Waals surface area contributed by atoms with Gasteiger partial charge in [0.25, 0.3) is 0 Å². The normalized spacial score (nSPS) is 22.8. The lowest BCUT2D eigenvalue weighted by Gasteiger charge is -2.38. The van der Waals surface area contributed by atoms with E-state index in [1.807, 2.05) is 0 Å². The molecule has 140 valence electrons. The maximum Gasteiger partial charge on any atom is 0.471 e. The van der Waals surface area contributed by atoms with E-state index in [1.165, 1.54) is 11.3 Å². The van der Waals surface area contributed by atoms with Crippen LogP contribution in [0.15, 0.2) is 9.90 Å². The van der Waals surface area contributed by atoms with Crippen molar-refractivity contribution in [3.05, 3.63) is 21.7 Å². The Kier molecular flexibility index (Phi) is 4.26. The van der Waals surface area contributed by atoms with Gasteiger partial charge in [-0.05, 0) is 24.8 Å². The highest BCUT2D eigenvalue weighted by Gasteiger charge is 2.40. The summed E-state index contributed by atoms with van der Waals surface area (Å²) < 4.78 is 47.6. The van der Waals surface area contributed by atoms with Crippen LogP contribution in [0, 0.1) is 5.92 Å². The van der Waals surface area contributed by atoms with Gasteiger partial charge in [-0.2, -0.15) is 18.2 Å². The zero-order valence-corrected chi connectivity index (χ0v) is 14.7. The molecule has 0 radical (unpaired) electrons. The molecule has 0 saturated heterocycles. The van der Waals surface area contributed by atoms with Crippen molar-refractivity contribution in [1.82, 2.24) is 15.0 Å². The third-order valence-electron chi connectivity index (χ3n) is 4.94. The highest BCUT2D eigenvalue weighted by molar-refractivity contribution is 7.10. The number of thiophene rings is 1. The van der Waals surface area contributed by atoms with Crippen LogP contribution in [-0.2, 0) is 28.7 Å². The molecule has 26 heavy (non-hydrogen) atoms. The number of methoxy groups -OCH3 is 1. The van der Waals surface area contributed by atoms with E-state index in [9.17, 15) is 18.0 Å². The molecule has 3 heterocycles. The molecule has 1 amide bonds. The fourth-order valence-electron chi connectivity index (χ4n) is 3.35. The van der Waals surface area contributed by atoms with Gasteiger partial charge in [0.2, 0.25) is 11.7 Å². The summed E-state index contributed by atoms with van der Waals surface area (Å²) in [6.45, 7) is 0.969. The number of fused-ring (bicyclic) bond motifs is 1. The minimum atomic E-state index is -4.68. The number of carbonyl (C=O) groups excluding carboxylic acids is 1. The Labute approximate surface area is 150 Å². The van der Waals surface area contributed by atoms with Crippen molar-refractivity contribution in [3.63, 3.8) is 0 Å². The first-order valence-electron chi connectivity index (χ1n) is 8.19. The fraction of sp³-hybridized carbons (Fsp3) is 0.562. The molecule has 1 saturated carbocycles. The number of rotatable bonds is 3. The molecule has 1 fully saturated rings. The molecule has 0 spiro atoms. The number of hydrogen-bond acceptors (Lipinski definition) is 6. The van der Waals surface area contributed by atoms with Crippen molar-refractivity contribution < 1.29 is 27.2 Å². The molecule has 1 aliphatic heterocycles. The minimum absolute atomic E-state index is 0.0365. The van der Waals surface area contributed by atoms with Gasteiger partial charge in [-0.15, -0.1) is 11.3 Å². The summed E-state index contributed by atoms with van der Waals surface area (Å²) in [5, 5.41) is 5.20. The summed E-state index contributed by atoms with van der Waals surface area (Å²) in [6, 6.07) is 0. The second-order valence-electron chi connectivity index (χ2n) is 6.51. The molecule has 1 aliphatic carbocycles. The number of alkyl halides is 3. The maximum atomic E-state index is 12.7. The van der Waals surface area contributed by atoms with Crippen LogP contribution in [0.5, 0.6) is 0 Å². The number of halogens is 3. The lowest BCUT2D eigenvalue weighted by molar-refractivity contribution is -0.159. The van der Waals surface area contributed by atoms with Gasteiger partial charge in [-0.25, -0.2) is 0 Å². The standard InChI is InChI=1S/C16H16F3N3O3S/c1-24-9-4-8(5-9)14(23)22-3-2-12-10(6-22)11(7-26-12)13-20-15(25-21-13)16(17,18)19/h7-9H,2-6H2,1H3. The van der Waals surface area contributed by atoms with Crippen LogP contribution >= 0.6 is 11.3 Å². The topological polar surface area (TPSA) is 68.5 Å². The number of hydrogen-bond donors (Lipinski definition) is 0. The van der Waals surface area contributed by atoms with Crippen molar-refractivity contribution >= 4 is 17.2 Å². The van der Waals surface area contributed by atoms with Crippen LogP contribution in [-0.4, -0.2) is 40.7 Å². The van der Waals surface area contributed by atoms with E-state index < -0.39 is 12.1 Å². The van der Waals surface area contributed by atoms with E-state index in [0.29, 0.717) is 25.1 Å². The van der Waals surface area contributed by atoms with Crippen molar-refractivity contribution in [2.24, 2.45) is 5.92 Å². The molecule has 4 rings (SSSR count). The monoisotopic (exact) mass is 387 g/mol. The Hall–Kier alpha value is -1.94. The second kappa shape index (κ2) is 6.34. The predicted octanol–water partition coefficient (Wildman–Crippen LogP) is 3.13. The number of amides is 1. The molecule has 6 nitrogen and oxygen atoms in total. The van der Waals surface area contributed by atoms with Crippen LogP contribution < -0.4 is 0 Å². The summed E-state index contributed by atoms with van der Waals surface area (Å²) in [6.07, 6.45) is -2.42. The number of nitrogens with zero attached hydrogens (tertiary/aromatic N) is 3. The summed E-state index contributed by atoms with van der Waals surface area (Å²) in [5.74, 6) is -1.42. The first-order chi connectivity index (χ1) is 12.4. The molecule has 0 bridgehead atoms. The first kappa shape index (κ1) is 17.5. The van der Waals surface area contributed by atoms with Gasteiger partial charge in [-0.1, -0.05) is 5.16 Å². The maximum absolute atomic E-state index is 12.7. The predicted molar refractivity (Wildman–Crippen MR) is 85.3 cm³/mol. The molecule has 2 aliphatic rings. The summed E-state index contributed by atoms with van der Waals surface area (Å²) in [7, 11) is 1.64. The van der Waals surface area contributed by atoms with Gasteiger partial charge in [0.1, 0.15) is 0 Å². The Morgan fingerprint density at radius 1 is 1.42 bits per heavy atom. The van der Waals surface area contributed by atoms with Crippen LogP contribution in [0.3, 0.4) is 0 Å².